The molecule has 0 unspecified atom stereocenters. The average Bonchev–Trinajstić information content (AvgIpc) is 2.77. The van der Waals surface area contributed by atoms with Gasteiger partial charge in [-0.25, -0.2) is 0 Å². The number of esters is 4. The summed E-state index contributed by atoms with van der Waals surface area (Å²) >= 11 is 0. The standard InChI is InChI=1S/C16H24O10/c1-6-23-16(8-22-10(3)18)15(25-12(5)20)14(24-11(4)19)13(26-16)7-21-9(2)17/h13-15H,6-8H2,1-5H3/t13-,14+,15-,16+/m0/s1. The van der Waals surface area contributed by atoms with Crippen molar-refractivity contribution in [1.82, 2.24) is 0 Å². The van der Waals surface area contributed by atoms with Crippen molar-refractivity contribution >= 4 is 23.9 Å². The van der Waals surface area contributed by atoms with E-state index in [1.165, 1.54) is 20.8 Å². The molecule has 1 fully saturated rings. The fourth-order valence-corrected chi connectivity index (χ4v) is 2.55. The summed E-state index contributed by atoms with van der Waals surface area (Å²) in [5, 5.41) is 0. The molecule has 148 valence electrons. The summed E-state index contributed by atoms with van der Waals surface area (Å²) in [7, 11) is 0. The lowest BCUT2D eigenvalue weighted by Gasteiger charge is -2.33. The van der Waals surface area contributed by atoms with Gasteiger partial charge in [-0.05, 0) is 6.92 Å². The lowest BCUT2D eigenvalue weighted by Crippen LogP contribution is -2.52. The Morgan fingerprint density at radius 1 is 0.885 bits per heavy atom. The molecule has 0 aromatic carbocycles. The minimum absolute atomic E-state index is 0.117. The largest absolute Gasteiger partial charge is 0.463 e. The molecule has 0 bridgehead atoms. The molecule has 1 rings (SSSR count). The van der Waals surface area contributed by atoms with Gasteiger partial charge in [-0.15, -0.1) is 0 Å². The van der Waals surface area contributed by atoms with Gasteiger partial charge in [0.25, 0.3) is 0 Å². The van der Waals surface area contributed by atoms with Crippen LogP contribution >= 0.6 is 0 Å². The fraction of sp³-hybridized carbons (Fsp3) is 0.750. The Kier molecular flexibility index (Phi) is 7.97. The van der Waals surface area contributed by atoms with Gasteiger partial charge in [-0.2, -0.15) is 0 Å². The zero-order valence-corrected chi connectivity index (χ0v) is 15.4. The van der Waals surface area contributed by atoms with Gasteiger partial charge in [-0.3, -0.25) is 19.2 Å². The minimum atomic E-state index is -1.71. The summed E-state index contributed by atoms with van der Waals surface area (Å²) in [5.74, 6) is -4.24. The van der Waals surface area contributed by atoms with E-state index < -0.39 is 54.6 Å². The van der Waals surface area contributed by atoms with Crippen LogP contribution in [0, 0.1) is 0 Å². The van der Waals surface area contributed by atoms with Crippen molar-refractivity contribution in [3.05, 3.63) is 0 Å². The molecule has 1 heterocycles. The molecule has 1 saturated heterocycles. The molecule has 1 aliphatic heterocycles. The minimum Gasteiger partial charge on any atom is -0.463 e. The van der Waals surface area contributed by atoms with Gasteiger partial charge in [0.1, 0.15) is 19.3 Å². The molecule has 1 aliphatic rings. The normalized spacial score (nSPS) is 27.5. The lowest BCUT2D eigenvalue weighted by molar-refractivity contribution is -0.280. The molecule has 10 heteroatoms. The maximum atomic E-state index is 11.6. The molecule has 0 N–H and O–H groups in total. The van der Waals surface area contributed by atoms with E-state index in [0.717, 1.165) is 6.92 Å². The maximum Gasteiger partial charge on any atom is 0.303 e. The number of hydrogen-bond donors (Lipinski definition) is 0. The SMILES string of the molecule is CCO[C@]1(COC(C)=O)O[C@@H](COC(C)=O)[C@@H](OC(C)=O)[C@@H]1OC(C)=O. The average molecular weight is 376 g/mol. The Balaban J connectivity index is 3.23. The van der Waals surface area contributed by atoms with Crippen LogP contribution in [0.5, 0.6) is 0 Å². The highest BCUT2D eigenvalue weighted by Gasteiger charge is 2.61. The van der Waals surface area contributed by atoms with Crippen molar-refractivity contribution < 1.29 is 47.6 Å². The third-order valence-electron chi connectivity index (χ3n) is 3.36. The van der Waals surface area contributed by atoms with E-state index in [9.17, 15) is 19.2 Å². The summed E-state index contributed by atoms with van der Waals surface area (Å²) < 4.78 is 31.8. The van der Waals surface area contributed by atoms with E-state index in [1.807, 2.05) is 0 Å². The molecule has 26 heavy (non-hydrogen) atoms. The highest BCUT2D eigenvalue weighted by atomic mass is 16.8. The Morgan fingerprint density at radius 3 is 1.92 bits per heavy atom. The second-order valence-corrected chi connectivity index (χ2v) is 5.59. The third kappa shape index (κ3) is 5.95. The molecule has 0 spiro atoms. The molecule has 4 atom stereocenters. The Morgan fingerprint density at radius 2 is 1.46 bits per heavy atom. The van der Waals surface area contributed by atoms with Crippen LogP contribution in [0.1, 0.15) is 34.6 Å². The number of carbonyl (C=O) groups excluding carboxylic acids is 4. The van der Waals surface area contributed by atoms with Gasteiger partial charge in [0, 0.05) is 34.3 Å². The van der Waals surface area contributed by atoms with Crippen LogP contribution < -0.4 is 0 Å². The number of rotatable bonds is 8. The summed E-state index contributed by atoms with van der Waals surface area (Å²) in [6, 6.07) is 0. The Hall–Kier alpha value is -2.20. The first-order chi connectivity index (χ1) is 12.1. The third-order valence-corrected chi connectivity index (χ3v) is 3.36. The van der Waals surface area contributed by atoms with Crippen LogP contribution in [0.3, 0.4) is 0 Å². The van der Waals surface area contributed by atoms with E-state index >= 15 is 0 Å². The van der Waals surface area contributed by atoms with Gasteiger partial charge < -0.3 is 28.4 Å². The molecule has 10 nitrogen and oxygen atoms in total. The monoisotopic (exact) mass is 376 g/mol. The molecule has 0 saturated carbocycles. The van der Waals surface area contributed by atoms with Crippen LogP contribution in [0.4, 0.5) is 0 Å². The van der Waals surface area contributed by atoms with Gasteiger partial charge in [0.2, 0.25) is 5.79 Å². The molecule has 0 aromatic heterocycles. The van der Waals surface area contributed by atoms with E-state index in [1.54, 1.807) is 6.92 Å². The van der Waals surface area contributed by atoms with Gasteiger partial charge in [-0.1, -0.05) is 0 Å². The van der Waals surface area contributed by atoms with Gasteiger partial charge in [0.15, 0.2) is 12.2 Å². The quantitative estimate of drug-likeness (QED) is 0.426. The van der Waals surface area contributed by atoms with Gasteiger partial charge >= 0.3 is 23.9 Å². The highest BCUT2D eigenvalue weighted by Crippen LogP contribution is 2.37. The zero-order valence-electron chi connectivity index (χ0n) is 15.4. The van der Waals surface area contributed by atoms with Crippen molar-refractivity contribution in [2.75, 3.05) is 19.8 Å². The number of carbonyl (C=O) groups is 4. The highest BCUT2D eigenvalue weighted by molar-refractivity contribution is 5.68. The first-order valence-corrected chi connectivity index (χ1v) is 8.04. The van der Waals surface area contributed by atoms with Crippen molar-refractivity contribution in [3.8, 4) is 0 Å². The van der Waals surface area contributed by atoms with Crippen molar-refractivity contribution in [2.24, 2.45) is 0 Å². The first kappa shape index (κ1) is 21.8. The van der Waals surface area contributed by atoms with Crippen molar-refractivity contribution in [2.45, 2.75) is 58.7 Å². The van der Waals surface area contributed by atoms with Crippen LogP contribution in [0.2, 0.25) is 0 Å². The summed E-state index contributed by atoms with van der Waals surface area (Å²) in [6.07, 6.45) is -3.35. The van der Waals surface area contributed by atoms with Crippen LogP contribution in [0.25, 0.3) is 0 Å². The molecule has 0 amide bonds. The Bertz CT molecular complexity index is 545. The maximum absolute atomic E-state index is 11.6. The number of ether oxygens (including phenoxy) is 6. The smallest absolute Gasteiger partial charge is 0.303 e. The summed E-state index contributed by atoms with van der Waals surface area (Å²) in [4.78, 5) is 45.4. The van der Waals surface area contributed by atoms with Gasteiger partial charge in [0.05, 0.1) is 0 Å². The van der Waals surface area contributed by atoms with Crippen LogP contribution in [0.15, 0.2) is 0 Å². The topological polar surface area (TPSA) is 124 Å². The molecule has 0 radical (unpaired) electrons. The predicted octanol–water partition coefficient (Wildman–Crippen LogP) is 0.108. The van der Waals surface area contributed by atoms with E-state index in [0.29, 0.717) is 0 Å². The Labute approximate surface area is 151 Å². The fourth-order valence-electron chi connectivity index (χ4n) is 2.55. The molecule has 0 aromatic rings. The number of hydrogen-bond acceptors (Lipinski definition) is 10. The van der Waals surface area contributed by atoms with E-state index in [-0.39, 0.29) is 13.2 Å². The lowest BCUT2D eigenvalue weighted by atomic mass is 10.0. The molecular weight excluding hydrogens is 352 g/mol. The van der Waals surface area contributed by atoms with Crippen LogP contribution in [-0.4, -0.2) is 67.8 Å². The summed E-state index contributed by atoms with van der Waals surface area (Å²) in [6.45, 7) is 5.80. The van der Waals surface area contributed by atoms with Crippen molar-refractivity contribution in [3.63, 3.8) is 0 Å². The zero-order chi connectivity index (χ0) is 19.9. The summed E-state index contributed by atoms with van der Waals surface area (Å²) in [5.41, 5.74) is 0. The predicted molar refractivity (Wildman–Crippen MR) is 83.6 cm³/mol. The van der Waals surface area contributed by atoms with Crippen molar-refractivity contribution in [1.29, 1.82) is 0 Å². The second kappa shape index (κ2) is 9.48. The van der Waals surface area contributed by atoms with E-state index in [4.69, 9.17) is 28.4 Å². The molecular formula is C16H24O10. The molecule has 0 aliphatic carbocycles. The van der Waals surface area contributed by atoms with E-state index in [2.05, 4.69) is 0 Å². The second-order valence-electron chi connectivity index (χ2n) is 5.59. The first-order valence-electron chi connectivity index (χ1n) is 8.04. The van der Waals surface area contributed by atoms with Crippen LogP contribution in [-0.2, 0) is 47.6 Å².